The van der Waals surface area contributed by atoms with Crippen LogP contribution >= 0.6 is 11.3 Å². The predicted molar refractivity (Wildman–Crippen MR) is 87.0 cm³/mol. The number of amides is 1. The fourth-order valence-electron chi connectivity index (χ4n) is 2.65. The lowest BCUT2D eigenvalue weighted by Crippen LogP contribution is -2.41. The summed E-state index contributed by atoms with van der Waals surface area (Å²) in [6.07, 6.45) is 2.07. The number of nitrogens with two attached hydrogens (primary N) is 1. The van der Waals surface area contributed by atoms with E-state index >= 15 is 0 Å². The minimum absolute atomic E-state index is 0.260. The zero-order valence-electron chi connectivity index (χ0n) is 13.6. The van der Waals surface area contributed by atoms with Crippen molar-refractivity contribution >= 4 is 22.6 Å². The molecule has 7 heteroatoms. The first kappa shape index (κ1) is 17.2. The van der Waals surface area contributed by atoms with Gasteiger partial charge in [-0.05, 0) is 53.4 Å². The van der Waals surface area contributed by atoms with Gasteiger partial charge in [0.15, 0.2) is 5.13 Å². The molecule has 0 bridgehead atoms. The lowest BCUT2D eigenvalue weighted by molar-refractivity contribution is 0.0636. The van der Waals surface area contributed by atoms with Gasteiger partial charge in [0.2, 0.25) is 0 Å². The summed E-state index contributed by atoms with van der Waals surface area (Å²) in [7, 11) is 0. The lowest BCUT2D eigenvalue weighted by atomic mass is 9.80. The van der Waals surface area contributed by atoms with Crippen molar-refractivity contribution in [2.24, 2.45) is 5.73 Å². The summed E-state index contributed by atoms with van der Waals surface area (Å²) in [5, 5.41) is 12.8. The first-order chi connectivity index (χ1) is 10.1. The average molecular weight is 327 g/mol. The number of carbonyl (C=O) groups excluding carboxylic acids is 1. The number of aromatic nitrogens is 1. The number of ether oxygens (including phenoxy) is 1. The minimum Gasteiger partial charge on any atom is -0.444 e. The molecule has 0 unspecified atom stereocenters. The monoisotopic (exact) mass is 327 g/mol. The molecular formula is C15H25N3O3S. The smallest absolute Gasteiger partial charge is 0.413 e. The van der Waals surface area contributed by atoms with Crippen LogP contribution in [-0.4, -0.2) is 27.9 Å². The van der Waals surface area contributed by atoms with E-state index < -0.39 is 17.2 Å². The van der Waals surface area contributed by atoms with E-state index in [0.29, 0.717) is 18.0 Å². The van der Waals surface area contributed by atoms with Gasteiger partial charge in [-0.2, -0.15) is 0 Å². The number of nitrogens with zero attached hydrogens (tertiary/aromatic N) is 1. The molecule has 2 rings (SSSR count). The molecule has 1 amide bonds. The Morgan fingerprint density at radius 3 is 2.59 bits per heavy atom. The first-order valence-electron chi connectivity index (χ1n) is 7.54. The Balaban J connectivity index is 2.10. The molecule has 4 N–H and O–H groups in total. The van der Waals surface area contributed by atoms with E-state index in [4.69, 9.17) is 10.5 Å². The van der Waals surface area contributed by atoms with Gasteiger partial charge < -0.3 is 15.6 Å². The van der Waals surface area contributed by atoms with Crippen LogP contribution in [-0.2, 0) is 10.3 Å². The number of rotatable bonds is 2. The summed E-state index contributed by atoms with van der Waals surface area (Å²) in [5.74, 6) is 0. The Morgan fingerprint density at radius 1 is 1.45 bits per heavy atom. The Kier molecular flexibility index (Phi) is 4.79. The Bertz CT molecular complexity index is 543. The van der Waals surface area contributed by atoms with Crippen molar-refractivity contribution in [2.75, 3.05) is 5.32 Å². The van der Waals surface area contributed by atoms with Crippen molar-refractivity contribution in [1.29, 1.82) is 0 Å². The topological polar surface area (TPSA) is 97.5 Å². The summed E-state index contributed by atoms with van der Waals surface area (Å²) in [4.78, 5) is 17.2. The molecule has 0 aliphatic heterocycles. The highest BCUT2D eigenvalue weighted by Crippen LogP contribution is 2.40. The Hall–Kier alpha value is -1.18. The fourth-order valence-corrected chi connectivity index (χ4v) is 3.76. The fraction of sp³-hybridized carbons (Fsp3) is 0.733. The SMILES string of the molecule is Cc1nc(NC(=O)OC(C)(C)C)sc1C1(N)CCC(O)CC1. The van der Waals surface area contributed by atoms with Crippen LogP contribution in [0, 0.1) is 6.92 Å². The van der Waals surface area contributed by atoms with Crippen molar-refractivity contribution in [3.05, 3.63) is 10.6 Å². The highest BCUT2D eigenvalue weighted by atomic mass is 32.1. The van der Waals surface area contributed by atoms with Crippen LogP contribution in [0.5, 0.6) is 0 Å². The summed E-state index contributed by atoms with van der Waals surface area (Å²) in [5.41, 5.74) is 6.32. The molecule has 1 aromatic heterocycles. The second kappa shape index (κ2) is 6.14. The standard InChI is InChI=1S/C15H25N3O3S/c1-9-11(15(16)7-5-10(19)6-8-15)22-12(17-9)18-13(20)21-14(2,3)4/h10,19H,5-8,16H2,1-4H3,(H,17,18,20). The molecular weight excluding hydrogens is 302 g/mol. The summed E-state index contributed by atoms with van der Waals surface area (Å²) >= 11 is 1.39. The zero-order valence-corrected chi connectivity index (χ0v) is 14.4. The number of aliphatic hydroxyl groups excluding tert-OH is 1. The van der Waals surface area contributed by atoms with Crippen molar-refractivity contribution in [1.82, 2.24) is 4.98 Å². The number of aryl methyl sites for hydroxylation is 1. The van der Waals surface area contributed by atoms with E-state index in [1.165, 1.54) is 11.3 Å². The van der Waals surface area contributed by atoms with Gasteiger partial charge in [0.05, 0.1) is 17.3 Å². The number of anilines is 1. The van der Waals surface area contributed by atoms with Gasteiger partial charge in [0.1, 0.15) is 5.60 Å². The van der Waals surface area contributed by atoms with Crippen LogP contribution in [0.25, 0.3) is 0 Å². The Morgan fingerprint density at radius 2 is 2.05 bits per heavy atom. The summed E-state index contributed by atoms with van der Waals surface area (Å²) in [6.45, 7) is 7.33. The highest BCUT2D eigenvalue weighted by molar-refractivity contribution is 7.16. The van der Waals surface area contributed by atoms with Gasteiger partial charge in [-0.15, -0.1) is 0 Å². The largest absolute Gasteiger partial charge is 0.444 e. The van der Waals surface area contributed by atoms with Crippen molar-refractivity contribution in [3.63, 3.8) is 0 Å². The van der Waals surface area contributed by atoms with Crippen molar-refractivity contribution in [2.45, 2.75) is 70.6 Å². The normalized spacial score (nSPS) is 25.8. The number of hydrogen-bond donors (Lipinski definition) is 3. The van der Waals surface area contributed by atoms with Gasteiger partial charge in [-0.25, -0.2) is 9.78 Å². The van der Waals surface area contributed by atoms with Crippen LogP contribution in [0.1, 0.15) is 57.0 Å². The summed E-state index contributed by atoms with van der Waals surface area (Å²) < 4.78 is 5.23. The number of thiazole rings is 1. The maximum atomic E-state index is 11.8. The average Bonchev–Trinajstić information content (AvgIpc) is 2.72. The van der Waals surface area contributed by atoms with Gasteiger partial charge in [0, 0.05) is 4.88 Å². The van der Waals surface area contributed by atoms with Crippen LogP contribution in [0.3, 0.4) is 0 Å². The van der Waals surface area contributed by atoms with E-state index in [1.54, 1.807) is 0 Å². The molecule has 0 atom stereocenters. The van der Waals surface area contributed by atoms with E-state index in [-0.39, 0.29) is 6.10 Å². The van der Waals surface area contributed by atoms with Crippen LogP contribution < -0.4 is 11.1 Å². The van der Waals surface area contributed by atoms with E-state index in [0.717, 1.165) is 23.4 Å². The maximum Gasteiger partial charge on any atom is 0.413 e. The number of carbonyl (C=O) groups is 1. The van der Waals surface area contributed by atoms with Gasteiger partial charge in [-0.1, -0.05) is 11.3 Å². The molecule has 1 heterocycles. The molecule has 1 fully saturated rings. The third-order valence-electron chi connectivity index (χ3n) is 3.70. The molecule has 0 aromatic carbocycles. The predicted octanol–water partition coefficient (Wildman–Crippen LogP) is 2.89. The van der Waals surface area contributed by atoms with E-state index in [1.807, 2.05) is 27.7 Å². The van der Waals surface area contributed by atoms with Gasteiger partial charge >= 0.3 is 6.09 Å². The molecule has 0 radical (unpaired) electrons. The van der Waals surface area contributed by atoms with Crippen LogP contribution in [0.15, 0.2) is 0 Å². The highest BCUT2D eigenvalue weighted by Gasteiger charge is 2.36. The summed E-state index contributed by atoms with van der Waals surface area (Å²) in [6, 6.07) is 0. The van der Waals surface area contributed by atoms with Crippen LogP contribution in [0.2, 0.25) is 0 Å². The molecule has 1 saturated carbocycles. The molecule has 1 aliphatic carbocycles. The van der Waals surface area contributed by atoms with Crippen molar-refractivity contribution < 1.29 is 14.6 Å². The Labute approximate surface area is 135 Å². The first-order valence-corrected chi connectivity index (χ1v) is 8.35. The second-order valence-corrected chi connectivity index (χ2v) is 7.95. The minimum atomic E-state index is -0.548. The van der Waals surface area contributed by atoms with E-state index in [9.17, 15) is 9.90 Å². The molecule has 0 spiro atoms. The molecule has 0 saturated heterocycles. The third-order valence-corrected chi connectivity index (χ3v) is 5.00. The molecule has 22 heavy (non-hydrogen) atoms. The maximum absolute atomic E-state index is 11.8. The van der Waals surface area contributed by atoms with Crippen molar-refractivity contribution in [3.8, 4) is 0 Å². The number of nitrogens with one attached hydrogen (secondary N) is 1. The molecule has 124 valence electrons. The van der Waals surface area contributed by atoms with Crippen LogP contribution in [0.4, 0.5) is 9.93 Å². The quantitative estimate of drug-likeness (QED) is 0.776. The zero-order chi connectivity index (χ0) is 16.5. The van der Waals surface area contributed by atoms with Gasteiger partial charge in [-0.3, -0.25) is 5.32 Å². The molecule has 6 nitrogen and oxygen atoms in total. The third kappa shape index (κ3) is 4.18. The van der Waals surface area contributed by atoms with Gasteiger partial charge in [0.25, 0.3) is 0 Å². The lowest BCUT2D eigenvalue weighted by Gasteiger charge is -2.35. The second-order valence-electron chi connectivity index (χ2n) is 6.95. The number of aliphatic hydroxyl groups is 1. The molecule has 1 aromatic rings. The molecule has 1 aliphatic rings. The number of hydrogen-bond acceptors (Lipinski definition) is 6. The van der Waals surface area contributed by atoms with E-state index in [2.05, 4.69) is 10.3 Å².